The van der Waals surface area contributed by atoms with E-state index in [1.807, 2.05) is 0 Å². The van der Waals surface area contributed by atoms with Crippen LogP contribution in [0.3, 0.4) is 0 Å². The normalized spacial score (nSPS) is 10.2. The molecule has 0 aliphatic heterocycles. The van der Waals surface area contributed by atoms with Gasteiger partial charge in [-0.05, 0) is 12.8 Å². The third kappa shape index (κ3) is 5.20. The van der Waals surface area contributed by atoms with Crippen molar-refractivity contribution >= 4 is 5.91 Å². The maximum Gasteiger partial charge on any atom is 0.220 e. The Morgan fingerprint density at radius 3 is 3.07 bits per heavy atom. The lowest BCUT2D eigenvalue weighted by atomic mass is 10.2. The molecule has 4 heteroatoms. The van der Waals surface area contributed by atoms with Crippen LogP contribution in [-0.4, -0.2) is 22.4 Å². The van der Waals surface area contributed by atoms with Gasteiger partial charge in [0.15, 0.2) is 0 Å². The fourth-order valence-corrected chi connectivity index (χ4v) is 1.36. The highest BCUT2D eigenvalue weighted by Gasteiger charge is 2.01. The van der Waals surface area contributed by atoms with Crippen molar-refractivity contribution in [3.63, 3.8) is 0 Å². The summed E-state index contributed by atoms with van der Waals surface area (Å²) in [4.78, 5) is 18.2. The molecule has 0 aliphatic carbocycles. The van der Waals surface area contributed by atoms with Crippen LogP contribution in [0.4, 0.5) is 0 Å². The van der Waals surface area contributed by atoms with Gasteiger partial charge in [0.1, 0.15) is 0 Å². The van der Waals surface area contributed by atoms with Gasteiger partial charge in [0.05, 0.1) is 6.33 Å². The summed E-state index contributed by atoms with van der Waals surface area (Å²) in [6.45, 7) is 2.95. The van der Waals surface area contributed by atoms with Crippen molar-refractivity contribution in [2.24, 2.45) is 0 Å². The summed E-state index contributed by atoms with van der Waals surface area (Å²) in [6, 6.07) is 0. The predicted molar refractivity (Wildman–Crippen MR) is 59.4 cm³/mol. The van der Waals surface area contributed by atoms with E-state index in [0.29, 0.717) is 6.42 Å². The minimum absolute atomic E-state index is 0.126. The lowest BCUT2D eigenvalue weighted by Gasteiger charge is -2.03. The number of aryl methyl sites for hydroxylation is 1. The van der Waals surface area contributed by atoms with Gasteiger partial charge >= 0.3 is 0 Å². The molecule has 15 heavy (non-hydrogen) atoms. The molecule has 0 saturated carbocycles. The van der Waals surface area contributed by atoms with E-state index in [9.17, 15) is 4.79 Å². The Kier molecular flexibility index (Phi) is 5.51. The van der Waals surface area contributed by atoms with Crippen molar-refractivity contribution in [1.29, 1.82) is 0 Å². The Morgan fingerprint density at radius 2 is 2.40 bits per heavy atom. The zero-order valence-electron chi connectivity index (χ0n) is 9.25. The molecule has 0 atom stereocenters. The summed E-state index contributed by atoms with van der Waals surface area (Å²) >= 11 is 0. The summed E-state index contributed by atoms with van der Waals surface area (Å²) in [5, 5.41) is 2.91. The van der Waals surface area contributed by atoms with Crippen LogP contribution in [0.5, 0.6) is 0 Å². The summed E-state index contributed by atoms with van der Waals surface area (Å²) < 4.78 is 0. The van der Waals surface area contributed by atoms with E-state index in [-0.39, 0.29) is 5.91 Å². The highest BCUT2D eigenvalue weighted by molar-refractivity contribution is 5.76. The van der Waals surface area contributed by atoms with Crippen LogP contribution in [0.25, 0.3) is 0 Å². The molecule has 84 valence electrons. The van der Waals surface area contributed by atoms with Crippen LogP contribution in [-0.2, 0) is 11.2 Å². The van der Waals surface area contributed by atoms with Crippen LogP contribution in [0.1, 0.15) is 38.3 Å². The molecule has 0 aliphatic rings. The number of nitrogens with one attached hydrogen (secondary N) is 2. The summed E-state index contributed by atoms with van der Waals surface area (Å²) in [5.74, 6) is 0.126. The second-order valence-electron chi connectivity index (χ2n) is 3.63. The van der Waals surface area contributed by atoms with Gasteiger partial charge in [0.2, 0.25) is 5.91 Å². The number of amides is 1. The molecule has 2 N–H and O–H groups in total. The highest BCUT2D eigenvalue weighted by Crippen LogP contribution is 1.97. The van der Waals surface area contributed by atoms with Crippen LogP contribution in [0, 0.1) is 0 Å². The first-order valence-corrected chi connectivity index (χ1v) is 5.57. The smallest absolute Gasteiger partial charge is 0.220 e. The molecule has 0 bridgehead atoms. The maximum absolute atomic E-state index is 11.4. The van der Waals surface area contributed by atoms with E-state index in [1.54, 1.807) is 12.5 Å². The van der Waals surface area contributed by atoms with E-state index < -0.39 is 0 Å². The second-order valence-corrected chi connectivity index (χ2v) is 3.63. The first-order valence-electron chi connectivity index (χ1n) is 5.57. The fraction of sp³-hybridized carbons (Fsp3) is 0.636. The summed E-state index contributed by atoms with van der Waals surface area (Å²) in [5.41, 5.74) is 1.01. The van der Waals surface area contributed by atoms with Crippen molar-refractivity contribution in [1.82, 2.24) is 15.3 Å². The van der Waals surface area contributed by atoms with E-state index in [2.05, 4.69) is 22.2 Å². The molecule has 1 aromatic rings. The lowest BCUT2D eigenvalue weighted by Crippen LogP contribution is -2.24. The Labute approximate surface area is 90.5 Å². The molecule has 0 spiro atoms. The number of carbonyl (C=O) groups excluding carboxylic acids is 1. The van der Waals surface area contributed by atoms with Crippen molar-refractivity contribution in [3.8, 4) is 0 Å². The molecule has 4 nitrogen and oxygen atoms in total. The number of rotatable bonds is 7. The van der Waals surface area contributed by atoms with Crippen LogP contribution in [0.2, 0.25) is 0 Å². The number of nitrogens with zero attached hydrogens (tertiary/aromatic N) is 1. The Hall–Kier alpha value is -1.32. The van der Waals surface area contributed by atoms with Gasteiger partial charge in [-0.15, -0.1) is 0 Å². The van der Waals surface area contributed by atoms with E-state index in [1.165, 1.54) is 12.8 Å². The minimum atomic E-state index is 0.126. The van der Waals surface area contributed by atoms with Gasteiger partial charge in [-0.3, -0.25) is 4.79 Å². The lowest BCUT2D eigenvalue weighted by molar-refractivity contribution is -0.121. The molecular weight excluding hydrogens is 190 g/mol. The van der Waals surface area contributed by atoms with Crippen molar-refractivity contribution in [3.05, 3.63) is 18.2 Å². The maximum atomic E-state index is 11.4. The average Bonchev–Trinajstić information content (AvgIpc) is 2.74. The molecule has 0 saturated heterocycles. The number of hydrogen-bond acceptors (Lipinski definition) is 2. The second kappa shape index (κ2) is 7.04. The Balaban J connectivity index is 2.04. The number of H-pyrrole nitrogens is 1. The number of imidazole rings is 1. The van der Waals surface area contributed by atoms with Gasteiger partial charge in [0.25, 0.3) is 0 Å². The number of carbonyl (C=O) groups is 1. The van der Waals surface area contributed by atoms with E-state index >= 15 is 0 Å². The molecule has 0 radical (unpaired) electrons. The van der Waals surface area contributed by atoms with Gasteiger partial charge in [-0.25, -0.2) is 4.98 Å². The molecular formula is C11H19N3O. The zero-order valence-corrected chi connectivity index (χ0v) is 9.25. The van der Waals surface area contributed by atoms with Crippen LogP contribution >= 0.6 is 0 Å². The number of aromatic nitrogens is 2. The monoisotopic (exact) mass is 209 g/mol. The third-order valence-electron chi connectivity index (χ3n) is 2.28. The number of aromatic amines is 1. The van der Waals surface area contributed by atoms with Gasteiger partial charge < -0.3 is 10.3 Å². The van der Waals surface area contributed by atoms with Crippen molar-refractivity contribution in [2.45, 2.75) is 39.0 Å². The molecule has 1 aromatic heterocycles. The van der Waals surface area contributed by atoms with E-state index in [4.69, 9.17) is 0 Å². The van der Waals surface area contributed by atoms with Crippen molar-refractivity contribution < 1.29 is 4.79 Å². The van der Waals surface area contributed by atoms with Gasteiger partial charge in [-0.2, -0.15) is 0 Å². The standard InChI is InChI=1S/C11H19N3O/c1-2-3-4-7-13-11(15)6-5-10-8-12-9-14-10/h8-9H,2-7H2,1H3,(H,12,14)(H,13,15). The van der Waals surface area contributed by atoms with Crippen LogP contribution in [0.15, 0.2) is 12.5 Å². The molecule has 0 aromatic carbocycles. The predicted octanol–water partition coefficient (Wildman–Crippen LogP) is 1.65. The highest BCUT2D eigenvalue weighted by atomic mass is 16.1. The van der Waals surface area contributed by atoms with Crippen LogP contribution < -0.4 is 5.32 Å². The number of hydrogen-bond donors (Lipinski definition) is 2. The van der Waals surface area contributed by atoms with Crippen molar-refractivity contribution in [2.75, 3.05) is 6.54 Å². The largest absolute Gasteiger partial charge is 0.356 e. The Morgan fingerprint density at radius 1 is 1.53 bits per heavy atom. The minimum Gasteiger partial charge on any atom is -0.356 e. The molecule has 1 amide bonds. The molecule has 0 fully saturated rings. The molecule has 0 unspecified atom stereocenters. The average molecular weight is 209 g/mol. The summed E-state index contributed by atoms with van der Waals surface area (Å²) in [6.07, 6.45) is 8.10. The SMILES string of the molecule is CCCCCNC(=O)CCc1cnc[nH]1. The third-order valence-corrected chi connectivity index (χ3v) is 2.28. The number of unbranched alkanes of at least 4 members (excludes halogenated alkanes) is 2. The fourth-order valence-electron chi connectivity index (χ4n) is 1.36. The van der Waals surface area contributed by atoms with E-state index in [0.717, 1.165) is 25.1 Å². The zero-order chi connectivity index (χ0) is 10.9. The quantitative estimate of drug-likeness (QED) is 0.671. The topological polar surface area (TPSA) is 57.8 Å². The first-order chi connectivity index (χ1) is 7.33. The molecule has 1 heterocycles. The Bertz CT molecular complexity index is 269. The van der Waals surface area contributed by atoms with Gasteiger partial charge in [-0.1, -0.05) is 19.8 Å². The molecule has 1 rings (SSSR count). The summed E-state index contributed by atoms with van der Waals surface area (Å²) in [7, 11) is 0. The van der Waals surface area contributed by atoms with Gasteiger partial charge in [0, 0.05) is 24.9 Å². The first kappa shape index (κ1) is 11.8.